The molecular formula is C14H22N6O3S. The van der Waals surface area contributed by atoms with Gasteiger partial charge >= 0.3 is 0 Å². The lowest BCUT2D eigenvalue weighted by Gasteiger charge is -2.26. The van der Waals surface area contributed by atoms with Gasteiger partial charge in [-0.15, -0.1) is 0 Å². The summed E-state index contributed by atoms with van der Waals surface area (Å²) in [5, 5.41) is 11.4. The highest BCUT2D eigenvalue weighted by Gasteiger charge is 2.39. The average Bonchev–Trinajstić information content (AvgIpc) is 3.25. The maximum atomic E-state index is 12.2. The second-order valence-corrected chi connectivity index (χ2v) is 7.87. The second kappa shape index (κ2) is 6.61. The molecule has 2 heterocycles. The highest BCUT2D eigenvalue weighted by Crippen LogP contribution is 2.36. The van der Waals surface area contributed by atoms with E-state index in [0.717, 1.165) is 25.7 Å². The summed E-state index contributed by atoms with van der Waals surface area (Å²) < 4.78 is 33.5. The van der Waals surface area contributed by atoms with Gasteiger partial charge in [-0.2, -0.15) is 10.1 Å². The predicted molar refractivity (Wildman–Crippen MR) is 85.6 cm³/mol. The summed E-state index contributed by atoms with van der Waals surface area (Å²) in [6.07, 6.45) is 6.80. The second-order valence-electron chi connectivity index (χ2n) is 6.10. The smallest absolute Gasteiger partial charge is 0.243 e. The van der Waals surface area contributed by atoms with Crippen molar-refractivity contribution >= 4 is 10.0 Å². The Morgan fingerprint density at radius 3 is 2.67 bits per heavy atom. The van der Waals surface area contributed by atoms with Crippen molar-refractivity contribution in [3.05, 3.63) is 24.1 Å². The fourth-order valence-electron chi connectivity index (χ4n) is 3.06. The van der Waals surface area contributed by atoms with E-state index in [1.807, 2.05) is 0 Å². The molecule has 10 heteroatoms. The van der Waals surface area contributed by atoms with Crippen molar-refractivity contribution in [2.24, 2.45) is 7.05 Å². The molecule has 0 aromatic carbocycles. The van der Waals surface area contributed by atoms with Crippen LogP contribution in [0, 0.1) is 6.92 Å². The van der Waals surface area contributed by atoms with Gasteiger partial charge in [-0.05, 0) is 12.8 Å². The van der Waals surface area contributed by atoms with Gasteiger partial charge in [-0.3, -0.25) is 4.68 Å². The zero-order chi connectivity index (χ0) is 17.2. The molecule has 0 atom stereocenters. The zero-order valence-electron chi connectivity index (χ0n) is 13.8. The minimum absolute atomic E-state index is 0.161. The van der Waals surface area contributed by atoms with Crippen molar-refractivity contribution in [1.82, 2.24) is 30.0 Å². The number of rotatable bonds is 7. The monoisotopic (exact) mass is 354 g/mol. The van der Waals surface area contributed by atoms with Crippen LogP contribution >= 0.6 is 0 Å². The van der Waals surface area contributed by atoms with Crippen LogP contribution in [0.15, 0.2) is 21.8 Å². The fourth-order valence-corrected chi connectivity index (χ4v) is 4.07. The normalized spacial score (nSPS) is 17.4. The topological polar surface area (TPSA) is 115 Å². The number of aromatic nitrogens is 4. The van der Waals surface area contributed by atoms with E-state index in [2.05, 4.69) is 25.3 Å². The lowest BCUT2D eigenvalue weighted by molar-refractivity contribution is 0.302. The van der Waals surface area contributed by atoms with Crippen LogP contribution in [0.2, 0.25) is 0 Å². The summed E-state index contributed by atoms with van der Waals surface area (Å²) >= 11 is 0. The largest absolute Gasteiger partial charge is 0.340 e. The highest BCUT2D eigenvalue weighted by atomic mass is 32.2. The van der Waals surface area contributed by atoms with Crippen LogP contribution in [0.1, 0.15) is 37.4 Å². The van der Waals surface area contributed by atoms with Crippen molar-refractivity contribution < 1.29 is 12.9 Å². The molecule has 0 spiro atoms. The van der Waals surface area contributed by atoms with E-state index in [1.165, 1.54) is 17.1 Å². The molecule has 2 N–H and O–H groups in total. The molecule has 0 unspecified atom stereocenters. The summed E-state index contributed by atoms with van der Waals surface area (Å²) in [6, 6.07) is 0. The first-order valence-electron chi connectivity index (χ1n) is 7.95. The number of aryl methyl sites for hydroxylation is 2. The average molecular weight is 354 g/mol. The maximum absolute atomic E-state index is 12.2. The first kappa shape index (κ1) is 17.1. The summed E-state index contributed by atoms with van der Waals surface area (Å²) in [4.78, 5) is 4.51. The Bertz CT molecular complexity index is 791. The van der Waals surface area contributed by atoms with Gasteiger partial charge in [0.2, 0.25) is 15.9 Å². The molecule has 24 heavy (non-hydrogen) atoms. The molecule has 0 aliphatic heterocycles. The minimum Gasteiger partial charge on any atom is -0.340 e. The molecule has 9 nitrogen and oxygen atoms in total. The molecule has 2 aromatic rings. The zero-order valence-corrected chi connectivity index (χ0v) is 14.6. The minimum atomic E-state index is -3.54. The van der Waals surface area contributed by atoms with Gasteiger partial charge in [0, 0.05) is 33.3 Å². The van der Waals surface area contributed by atoms with E-state index >= 15 is 0 Å². The van der Waals surface area contributed by atoms with Crippen molar-refractivity contribution in [1.29, 1.82) is 0 Å². The van der Waals surface area contributed by atoms with E-state index in [4.69, 9.17) is 4.52 Å². The van der Waals surface area contributed by atoms with E-state index in [9.17, 15) is 8.42 Å². The lowest BCUT2D eigenvalue weighted by Crippen LogP contribution is -2.44. The molecule has 132 valence electrons. The van der Waals surface area contributed by atoms with E-state index in [-0.39, 0.29) is 17.0 Å². The van der Waals surface area contributed by atoms with Gasteiger partial charge in [0.05, 0.1) is 11.7 Å². The van der Waals surface area contributed by atoms with Crippen LogP contribution in [0.3, 0.4) is 0 Å². The highest BCUT2D eigenvalue weighted by molar-refractivity contribution is 7.89. The SMILES string of the molecule is Cc1nc(C2(NCCNS(=O)(=O)c3cnn(C)c3)CCCC2)no1. The first-order valence-corrected chi connectivity index (χ1v) is 9.44. The lowest BCUT2D eigenvalue weighted by atomic mass is 9.96. The number of sulfonamides is 1. The Kier molecular flexibility index (Phi) is 4.70. The standard InChI is InChI=1S/C14H22N6O3S/c1-11-18-13(19-23-11)14(5-3-4-6-14)15-7-8-17-24(21,22)12-9-16-20(2)10-12/h9-10,15,17H,3-8H2,1-2H3. The van der Waals surface area contributed by atoms with Crippen LogP contribution < -0.4 is 10.0 Å². The Balaban J connectivity index is 1.59. The molecule has 1 aliphatic rings. The van der Waals surface area contributed by atoms with Crippen LogP contribution in [0.4, 0.5) is 0 Å². The molecule has 0 radical (unpaired) electrons. The summed E-state index contributed by atoms with van der Waals surface area (Å²) in [6.45, 7) is 2.52. The van der Waals surface area contributed by atoms with Gasteiger partial charge in [0.1, 0.15) is 4.90 Å². The molecule has 1 saturated carbocycles. The third kappa shape index (κ3) is 3.50. The van der Waals surface area contributed by atoms with Crippen molar-refractivity contribution in [3.8, 4) is 0 Å². The Labute approximate surface area is 140 Å². The molecular weight excluding hydrogens is 332 g/mol. The summed E-state index contributed by atoms with van der Waals surface area (Å²) in [7, 11) is -1.86. The van der Waals surface area contributed by atoms with Crippen LogP contribution in [0.5, 0.6) is 0 Å². The maximum Gasteiger partial charge on any atom is 0.243 e. The van der Waals surface area contributed by atoms with Crippen molar-refractivity contribution in [2.45, 2.75) is 43.0 Å². The molecule has 3 rings (SSSR count). The van der Waals surface area contributed by atoms with Gasteiger partial charge in [0.15, 0.2) is 5.82 Å². The molecule has 1 fully saturated rings. The van der Waals surface area contributed by atoms with Crippen molar-refractivity contribution in [2.75, 3.05) is 13.1 Å². The third-order valence-corrected chi connectivity index (χ3v) is 5.70. The molecule has 0 saturated heterocycles. The van der Waals surface area contributed by atoms with E-state index < -0.39 is 10.0 Å². The van der Waals surface area contributed by atoms with E-state index in [1.54, 1.807) is 14.0 Å². The number of hydrogen-bond acceptors (Lipinski definition) is 7. The quantitative estimate of drug-likeness (QED) is 0.694. The molecule has 1 aliphatic carbocycles. The van der Waals surface area contributed by atoms with Gasteiger partial charge in [-0.1, -0.05) is 18.0 Å². The predicted octanol–water partition coefficient (Wildman–Crippen LogP) is 0.449. The Morgan fingerprint density at radius 2 is 2.08 bits per heavy atom. The van der Waals surface area contributed by atoms with Crippen molar-refractivity contribution in [3.63, 3.8) is 0 Å². The Hall–Kier alpha value is -1.78. The van der Waals surface area contributed by atoms with Crippen LogP contribution in [0.25, 0.3) is 0 Å². The van der Waals surface area contributed by atoms with Crippen LogP contribution in [-0.4, -0.2) is 41.4 Å². The molecule has 0 bridgehead atoms. The summed E-state index contributed by atoms with van der Waals surface area (Å²) in [5.74, 6) is 1.20. The van der Waals surface area contributed by atoms with Crippen LogP contribution in [-0.2, 0) is 22.6 Å². The summed E-state index contributed by atoms with van der Waals surface area (Å²) in [5.41, 5.74) is -0.322. The third-order valence-electron chi connectivity index (χ3n) is 4.28. The number of nitrogens with one attached hydrogen (secondary N) is 2. The Morgan fingerprint density at radius 1 is 1.33 bits per heavy atom. The van der Waals surface area contributed by atoms with Gasteiger partial charge < -0.3 is 9.84 Å². The van der Waals surface area contributed by atoms with Gasteiger partial charge in [-0.25, -0.2) is 13.1 Å². The van der Waals surface area contributed by atoms with Gasteiger partial charge in [0.25, 0.3) is 0 Å². The molecule has 0 amide bonds. The molecule has 2 aromatic heterocycles. The number of hydrogen-bond donors (Lipinski definition) is 2. The first-order chi connectivity index (χ1) is 11.4. The van der Waals surface area contributed by atoms with E-state index in [0.29, 0.717) is 18.3 Å². The number of nitrogens with zero attached hydrogens (tertiary/aromatic N) is 4. The fraction of sp³-hybridized carbons (Fsp3) is 0.643.